The highest BCUT2D eigenvalue weighted by Gasteiger charge is 2.47. The van der Waals surface area contributed by atoms with Crippen LogP contribution < -0.4 is 4.74 Å². The van der Waals surface area contributed by atoms with Gasteiger partial charge < -0.3 is 14.7 Å². The summed E-state index contributed by atoms with van der Waals surface area (Å²) >= 11 is 0. The molecule has 3 heterocycles. The van der Waals surface area contributed by atoms with Crippen LogP contribution in [0.2, 0.25) is 0 Å². The number of ether oxygens (including phenoxy) is 1. The number of benzene rings is 1. The van der Waals surface area contributed by atoms with Crippen molar-refractivity contribution in [2.24, 2.45) is 0 Å². The maximum absolute atomic E-state index is 12.4. The molecule has 0 radical (unpaired) electrons. The van der Waals surface area contributed by atoms with Gasteiger partial charge in [-0.05, 0) is 30.2 Å². The number of aliphatic hydroxyl groups is 1. The third-order valence-corrected chi connectivity index (χ3v) is 4.72. The summed E-state index contributed by atoms with van der Waals surface area (Å²) < 4.78 is 10.7. The lowest BCUT2D eigenvalue weighted by Gasteiger charge is -2.47. The van der Waals surface area contributed by atoms with Crippen LogP contribution in [0.3, 0.4) is 0 Å². The van der Waals surface area contributed by atoms with Gasteiger partial charge in [-0.15, -0.1) is 0 Å². The summed E-state index contributed by atoms with van der Waals surface area (Å²) in [5, 5.41) is 18.5. The van der Waals surface area contributed by atoms with E-state index in [1.807, 2.05) is 0 Å². The number of fused-ring (bicyclic) bond motifs is 2. The number of carbonyl (C=O) groups is 2. The number of hydrogen-bond donors (Lipinski definition) is 1. The van der Waals surface area contributed by atoms with Gasteiger partial charge in [-0.1, -0.05) is 0 Å². The summed E-state index contributed by atoms with van der Waals surface area (Å²) in [6, 6.07) is 2.81. The summed E-state index contributed by atoms with van der Waals surface area (Å²) in [6.07, 6.45) is -0.785. The van der Waals surface area contributed by atoms with Crippen LogP contribution in [0.5, 0.6) is 5.75 Å². The molecule has 2 aliphatic heterocycles. The number of rotatable bonds is 1. The Morgan fingerprint density at radius 1 is 1.25 bits per heavy atom. The topological polar surface area (TPSA) is 106 Å². The molecule has 1 fully saturated rings. The Morgan fingerprint density at radius 2 is 1.96 bits per heavy atom. The minimum Gasteiger partial charge on any atom is -0.485 e. The SMILES string of the molecule is CC1(C)Oc2cc3nonc3cc2C(N2CCC(=O)CC2=O)C1O. The molecule has 24 heavy (non-hydrogen) atoms. The van der Waals surface area contributed by atoms with Crippen molar-refractivity contribution >= 4 is 22.7 Å². The lowest BCUT2D eigenvalue weighted by Crippen LogP contribution is -2.56. The fourth-order valence-corrected chi connectivity index (χ4v) is 3.40. The lowest BCUT2D eigenvalue weighted by atomic mass is 9.84. The predicted molar refractivity (Wildman–Crippen MR) is 81.2 cm³/mol. The van der Waals surface area contributed by atoms with Crippen molar-refractivity contribution in [3.8, 4) is 5.75 Å². The van der Waals surface area contributed by atoms with E-state index in [2.05, 4.69) is 10.3 Å². The van der Waals surface area contributed by atoms with Crippen LogP contribution in [0.15, 0.2) is 16.8 Å². The van der Waals surface area contributed by atoms with Crippen molar-refractivity contribution in [2.75, 3.05) is 6.54 Å². The quantitative estimate of drug-likeness (QED) is 0.777. The molecule has 2 aromatic rings. The van der Waals surface area contributed by atoms with E-state index in [9.17, 15) is 14.7 Å². The Labute approximate surface area is 137 Å². The molecule has 8 nitrogen and oxygen atoms in total. The van der Waals surface area contributed by atoms with Crippen LogP contribution in [0.25, 0.3) is 11.0 Å². The monoisotopic (exact) mass is 331 g/mol. The van der Waals surface area contributed by atoms with Crippen molar-refractivity contribution in [1.82, 2.24) is 15.2 Å². The van der Waals surface area contributed by atoms with Gasteiger partial charge in [-0.3, -0.25) is 9.59 Å². The third kappa shape index (κ3) is 2.17. The second-order valence-corrected chi connectivity index (χ2v) is 6.79. The molecule has 0 saturated carbocycles. The van der Waals surface area contributed by atoms with Crippen molar-refractivity contribution in [1.29, 1.82) is 0 Å². The fraction of sp³-hybridized carbons (Fsp3) is 0.500. The molecule has 1 aromatic heterocycles. The van der Waals surface area contributed by atoms with E-state index in [1.165, 1.54) is 0 Å². The van der Waals surface area contributed by atoms with Gasteiger partial charge in [0.15, 0.2) is 0 Å². The molecule has 2 atom stereocenters. The molecular weight excluding hydrogens is 314 g/mol. The number of hydrogen-bond acceptors (Lipinski definition) is 7. The minimum absolute atomic E-state index is 0.0755. The van der Waals surface area contributed by atoms with Crippen molar-refractivity contribution in [3.05, 3.63) is 17.7 Å². The number of piperidine rings is 1. The van der Waals surface area contributed by atoms with Crippen molar-refractivity contribution in [2.45, 2.75) is 44.4 Å². The van der Waals surface area contributed by atoms with Crippen LogP contribution in [0.1, 0.15) is 38.3 Å². The molecule has 4 rings (SSSR count). The molecule has 2 unspecified atom stereocenters. The minimum atomic E-state index is -0.945. The van der Waals surface area contributed by atoms with Gasteiger partial charge in [-0.2, -0.15) is 0 Å². The molecule has 8 heteroatoms. The average Bonchev–Trinajstić information content (AvgIpc) is 2.95. The second kappa shape index (κ2) is 5.01. The predicted octanol–water partition coefficient (Wildman–Crippen LogP) is 0.987. The number of aromatic nitrogens is 2. The zero-order valence-corrected chi connectivity index (χ0v) is 13.4. The maximum atomic E-state index is 12.4. The molecule has 0 bridgehead atoms. The Bertz CT molecular complexity index is 843. The summed E-state index contributed by atoms with van der Waals surface area (Å²) in [5.41, 5.74) is 0.812. The van der Waals surface area contributed by atoms with E-state index in [-0.39, 0.29) is 24.7 Å². The molecule has 0 spiro atoms. The van der Waals surface area contributed by atoms with Crippen molar-refractivity contribution < 1.29 is 24.1 Å². The van der Waals surface area contributed by atoms with Crippen LogP contribution in [-0.4, -0.2) is 50.3 Å². The molecule has 126 valence electrons. The molecule has 1 N–H and O–H groups in total. The summed E-state index contributed by atoms with van der Waals surface area (Å²) in [7, 11) is 0. The first-order chi connectivity index (χ1) is 11.4. The number of likely N-dealkylation sites (tertiary alicyclic amines) is 1. The third-order valence-electron chi connectivity index (χ3n) is 4.72. The van der Waals surface area contributed by atoms with E-state index in [1.54, 1.807) is 30.9 Å². The van der Waals surface area contributed by atoms with Gasteiger partial charge in [0.25, 0.3) is 0 Å². The Morgan fingerprint density at radius 3 is 2.67 bits per heavy atom. The molecule has 2 aliphatic rings. The highest BCUT2D eigenvalue weighted by atomic mass is 16.6. The zero-order chi connectivity index (χ0) is 17.1. The molecular formula is C16H17N3O5. The first kappa shape index (κ1) is 15.1. The molecule has 1 saturated heterocycles. The van der Waals surface area contributed by atoms with E-state index in [4.69, 9.17) is 9.37 Å². The van der Waals surface area contributed by atoms with Gasteiger partial charge in [0.2, 0.25) is 5.91 Å². The zero-order valence-electron chi connectivity index (χ0n) is 13.4. The smallest absolute Gasteiger partial charge is 0.230 e. The number of amides is 1. The van der Waals surface area contributed by atoms with Gasteiger partial charge >= 0.3 is 0 Å². The average molecular weight is 331 g/mol. The van der Waals surface area contributed by atoms with Crippen LogP contribution in [0, 0.1) is 0 Å². The summed E-state index contributed by atoms with van der Waals surface area (Å²) in [4.78, 5) is 25.5. The van der Waals surface area contributed by atoms with Gasteiger partial charge in [0.05, 0.1) is 12.5 Å². The number of aliphatic hydroxyl groups excluding tert-OH is 1. The van der Waals surface area contributed by atoms with E-state index < -0.39 is 17.7 Å². The van der Waals surface area contributed by atoms with Crippen LogP contribution in [0.4, 0.5) is 0 Å². The first-order valence-electron chi connectivity index (χ1n) is 7.81. The van der Waals surface area contributed by atoms with Gasteiger partial charge in [0.1, 0.15) is 34.3 Å². The largest absolute Gasteiger partial charge is 0.485 e. The number of carbonyl (C=O) groups excluding carboxylic acids is 2. The number of ketones is 1. The normalized spacial score (nSPS) is 26.4. The first-order valence-corrected chi connectivity index (χ1v) is 7.81. The Hall–Kier alpha value is -2.48. The van der Waals surface area contributed by atoms with E-state index >= 15 is 0 Å². The van der Waals surface area contributed by atoms with Gasteiger partial charge in [0, 0.05) is 24.6 Å². The molecule has 1 amide bonds. The van der Waals surface area contributed by atoms with E-state index in [0.717, 1.165) is 0 Å². The standard InChI is InChI=1S/C16H17N3O5/c1-16(2)15(22)14(19-4-3-8(20)5-13(19)21)9-6-10-11(18-24-17-10)7-12(9)23-16/h6-7,14-15,22H,3-5H2,1-2H3. The van der Waals surface area contributed by atoms with Crippen LogP contribution >= 0.6 is 0 Å². The number of Topliss-reactive ketones (excluding diaryl/α,β-unsaturated/α-hetero) is 1. The molecule has 0 aliphatic carbocycles. The highest BCUT2D eigenvalue weighted by Crippen LogP contribution is 2.44. The fourth-order valence-electron chi connectivity index (χ4n) is 3.40. The van der Waals surface area contributed by atoms with Crippen LogP contribution in [-0.2, 0) is 9.59 Å². The van der Waals surface area contributed by atoms with Crippen molar-refractivity contribution in [3.63, 3.8) is 0 Å². The number of nitrogens with zero attached hydrogens (tertiary/aromatic N) is 3. The summed E-state index contributed by atoms with van der Waals surface area (Å²) in [5.74, 6) is 0.175. The Kier molecular flexibility index (Phi) is 3.14. The Balaban J connectivity index is 1.85. The lowest BCUT2D eigenvalue weighted by molar-refractivity contribution is -0.151. The summed E-state index contributed by atoms with van der Waals surface area (Å²) in [6.45, 7) is 3.81. The molecule has 1 aromatic carbocycles. The second-order valence-electron chi connectivity index (χ2n) is 6.79. The highest BCUT2D eigenvalue weighted by molar-refractivity contribution is 6.00. The van der Waals surface area contributed by atoms with Gasteiger partial charge in [-0.25, -0.2) is 4.63 Å². The van der Waals surface area contributed by atoms with E-state index in [0.29, 0.717) is 28.8 Å². The maximum Gasteiger partial charge on any atom is 0.230 e.